The van der Waals surface area contributed by atoms with Gasteiger partial charge >= 0.3 is 0 Å². The molecular weight excluding hydrogens is 287 g/mol. The summed E-state index contributed by atoms with van der Waals surface area (Å²) < 4.78 is 20.0. The van der Waals surface area contributed by atoms with Crippen molar-refractivity contribution >= 4 is 5.91 Å². The summed E-state index contributed by atoms with van der Waals surface area (Å²) in [5.41, 5.74) is 0. The first-order valence-corrected chi connectivity index (χ1v) is 7.24. The fraction of sp³-hybridized carbons (Fsp3) is 0.400. The summed E-state index contributed by atoms with van der Waals surface area (Å²) in [6.45, 7) is 1.33. The van der Waals surface area contributed by atoms with E-state index in [1.165, 1.54) is 24.3 Å². The van der Waals surface area contributed by atoms with Gasteiger partial charge in [0, 0.05) is 19.3 Å². The molecule has 116 valence electrons. The van der Waals surface area contributed by atoms with Crippen LogP contribution in [0.2, 0.25) is 0 Å². The summed E-state index contributed by atoms with van der Waals surface area (Å²) in [5.74, 6) is 0.113. The maximum atomic E-state index is 12.8. The van der Waals surface area contributed by atoms with Crippen LogP contribution in [-0.4, -0.2) is 45.5 Å². The third-order valence-corrected chi connectivity index (χ3v) is 3.81. The van der Waals surface area contributed by atoms with Gasteiger partial charge in [-0.05, 0) is 37.1 Å². The van der Waals surface area contributed by atoms with Crippen molar-refractivity contribution in [3.8, 4) is 5.75 Å². The number of nitrogens with zero attached hydrogens (tertiary/aromatic N) is 4. The number of hydrogen-bond acceptors (Lipinski definition) is 4. The number of rotatable bonds is 4. The predicted molar refractivity (Wildman–Crippen MR) is 76.8 cm³/mol. The van der Waals surface area contributed by atoms with E-state index in [4.69, 9.17) is 4.74 Å². The van der Waals surface area contributed by atoms with Crippen LogP contribution in [0.1, 0.15) is 18.9 Å². The number of halogens is 1. The number of benzene rings is 1. The molecule has 1 aromatic heterocycles. The quantitative estimate of drug-likeness (QED) is 0.862. The molecule has 1 aliphatic rings. The van der Waals surface area contributed by atoms with E-state index in [0.29, 0.717) is 24.9 Å². The average Bonchev–Trinajstić information content (AvgIpc) is 3.09. The average molecular weight is 304 g/mol. The molecule has 3 rings (SSSR count). The molecule has 0 spiro atoms. The van der Waals surface area contributed by atoms with E-state index in [1.54, 1.807) is 11.1 Å². The van der Waals surface area contributed by atoms with Gasteiger partial charge in [0.2, 0.25) is 0 Å². The molecule has 0 unspecified atom stereocenters. The van der Waals surface area contributed by atoms with Crippen LogP contribution in [0.4, 0.5) is 4.39 Å². The summed E-state index contributed by atoms with van der Waals surface area (Å²) in [4.78, 5) is 13.9. The second kappa shape index (κ2) is 6.55. The van der Waals surface area contributed by atoms with E-state index >= 15 is 0 Å². The number of hydrogen-bond donors (Lipinski definition) is 0. The van der Waals surface area contributed by atoms with Crippen LogP contribution < -0.4 is 4.74 Å². The van der Waals surface area contributed by atoms with E-state index < -0.39 is 0 Å². The summed E-state index contributed by atoms with van der Waals surface area (Å²) in [5, 5.41) is 7.81. The molecule has 1 fully saturated rings. The van der Waals surface area contributed by atoms with E-state index in [9.17, 15) is 9.18 Å². The third kappa shape index (κ3) is 3.41. The lowest BCUT2D eigenvalue weighted by molar-refractivity contribution is -0.134. The standard InChI is InChI=1S/C15H17FN4O2/c16-12-1-3-14(4-2-12)22-11-15(21)19-8-5-13(6-9-19)20-10-7-17-18-20/h1-4,7,10,13H,5-6,8-9,11H2. The lowest BCUT2D eigenvalue weighted by Crippen LogP contribution is -2.41. The molecule has 22 heavy (non-hydrogen) atoms. The van der Waals surface area contributed by atoms with Crippen molar-refractivity contribution in [3.05, 3.63) is 42.5 Å². The minimum atomic E-state index is -0.325. The van der Waals surface area contributed by atoms with Gasteiger partial charge in [-0.1, -0.05) is 5.21 Å². The number of ether oxygens (including phenoxy) is 1. The fourth-order valence-corrected chi connectivity index (χ4v) is 2.56. The van der Waals surface area contributed by atoms with Crippen LogP contribution in [0.3, 0.4) is 0 Å². The highest BCUT2D eigenvalue weighted by Gasteiger charge is 2.24. The van der Waals surface area contributed by atoms with E-state index in [0.717, 1.165) is 12.8 Å². The van der Waals surface area contributed by atoms with Crippen molar-refractivity contribution in [2.45, 2.75) is 18.9 Å². The van der Waals surface area contributed by atoms with Crippen molar-refractivity contribution in [1.29, 1.82) is 0 Å². The highest BCUT2D eigenvalue weighted by Crippen LogP contribution is 2.21. The fourth-order valence-electron chi connectivity index (χ4n) is 2.56. The number of carbonyl (C=O) groups is 1. The number of piperidine rings is 1. The number of likely N-dealkylation sites (tertiary alicyclic amines) is 1. The van der Waals surface area contributed by atoms with Crippen molar-refractivity contribution in [2.24, 2.45) is 0 Å². The lowest BCUT2D eigenvalue weighted by Gasteiger charge is -2.31. The van der Waals surface area contributed by atoms with Gasteiger partial charge in [0.25, 0.3) is 5.91 Å². The highest BCUT2D eigenvalue weighted by atomic mass is 19.1. The van der Waals surface area contributed by atoms with Gasteiger partial charge in [0.15, 0.2) is 6.61 Å². The topological polar surface area (TPSA) is 60.2 Å². The van der Waals surface area contributed by atoms with Crippen LogP contribution in [0.5, 0.6) is 5.75 Å². The number of aromatic nitrogens is 3. The Balaban J connectivity index is 1.46. The van der Waals surface area contributed by atoms with Crippen LogP contribution in [-0.2, 0) is 4.79 Å². The first kappa shape index (κ1) is 14.5. The Kier molecular flexibility index (Phi) is 4.32. The first-order valence-electron chi connectivity index (χ1n) is 7.24. The molecule has 2 aromatic rings. The normalized spacial score (nSPS) is 15.8. The monoisotopic (exact) mass is 304 g/mol. The van der Waals surface area contributed by atoms with Crippen LogP contribution in [0, 0.1) is 5.82 Å². The molecule has 6 nitrogen and oxygen atoms in total. The van der Waals surface area contributed by atoms with Gasteiger partial charge in [-0.3, -0.25) is 4.79 Å². The van der Waals surface area contributed by atoms with Crippen LogP contribution >= 0.6 is 0 Å². The van der Waals surface area contributed by atoms with Gasteiger partial charge in [0.05, 0.1) is 12.2 Å². The lowest BCUT2D eigenvalue weighted by atomic mass is 10.1. The predicted octanol–water partition coefficient (Wildman–Crippen LogP) is 1.66. The van der Waals surface area contributed by atoms with Crippen molar-refractivity contribution in [3.63, 3.8) is 0 Å². The second-order valence-electron chi connectivity index (χ2n) is 5.24. The van der Waals surface area contributed by atoms with E-state index in [1.807, 2.05) is 10.9 Å². The Hall–Kier alpha value is -2.44. The van der Waals surface area contributed by atoms with Gasteiger partial charge in [-0.2, -0.15) is 0 Å². The Morgan fingerprint density at radius 3 is 2.64 bits per heavy atom. The second-order valence-corrected chi connectivity index (χ2v) is 5.24. The molecule has 1 aromatic carbocycles. The van der Waals surface area contributed by atoms with Gasteiger partial charge in [-0.15, -0.1) is 5.10 Å². The smallest absolute Gasteiger partial charge is 0.260 e. The summed E-state index contributed by atoms with van der Waals surface area (Å²) in [7, 11) is 0. The van der Waals surface area contributed by atoms with Gasteiger partial charge < -0.3 is 9.64 Å². The zero-order valence-corrected chi connectivity index (χ0v) is 12.1. The minimum Gasteiger partial charge on any atom is -0.484 e. The zero-order chi connectivity index (χ0) is 15.4. The summed E-state index contributed by atoms with van der Waals surface area (Å²) in [6, 6.07) is 5.94. The van der Waals surface area contributed by atoms with Crippen molar-refractivity contribution in [2.75, 3.05) is 19.7 Å². The first-order chi connectivity index (χ1) is 10.7. The molecule has 1 aliphatic heterocycles. The van der Waals surface area contributed by atoms with E-state index in [-0.39, 0.29) is 18.3 Å². The largest absolute Gasteiger partial charge is 0.484 e. The molecule has 7 heteroatoms. The van der Waals surface area contributed by atoms with E-state index in [2.05, 4.69) is 10.3 Å². The molecule has 0 aliphatic carbocycles. The summed E-state index contributed by atoms with van der Waals surface area (Å²) in [6.07, 6.45) is 5.21. The Labute approximate surface area is 127 Å². The highest BCUT2D eigenvalue weighted by molar-refractivity contribution is 5.77. The van der Waals surface area contributed by atoms with Gasteiger partial charge in [0.1, 0.15) is 11.6 Å². The van der Waals surface area contributed by atoms with Gasteiger partial charge in [-0.25, -0.2) is 9.07 Å². The minimum absolute atomic E-state index is 0.0282. The molecular formula is C15H17FN4O2. The molecule has 0 saturated carbocycles. The maximum absolute atomic E-state index is 12.8. The van der Waals surface area contributed by atoms with Crippen LogP contribution in [0.25, 0.3) is 0 Å². The molecule has 1 amide bonds. The molecule has 0 bridgehead atoms. The van der Waals surface area contributed by atoms with Crippen LogP contribution in [0.15, 0.2) is 36.7 Å². The number of carbonyl (C=O) groups excluding carboxylic acids is 1. The zero-order valence-electron chi connectivity index (χ0n) is 12.1. The number of amides is 1. The molecule has 2 heterocycles. The Morgan fingerprint density at radius 2 is 2.00 bits per heavy atom. The molecule has 0 radical (unpaired) electrons. The molecule has 1 saturated heterocycles. The SMILES string of the molecule is O=C(COc1ccc(F)cc1)N1CCC(n2ccnn2)CC1. The Bertz CT molecular complexity index is 607. The third-order valence-electron chi connectivity index (χ3n) is 3.81. The molecule has 0 N–H and O–H groups in total. The van der Waals surface area contributed by atoms with Crippen molar-refractivity contribution < 1.29 is 13.9 Å². The van der Waals surface area contributed by atoms with Crippen molar-refractivity contribution in [1.82, 2.24) is 19.9 Å². The molecule has 0 atom stereocenters. The Morgan fingerprint density at radius 1 is 1.27 bits per heavy atom. The maximum Gasteiger partial charge on any atom is 0.260 e. The summed E-state index contributed by atoms with van der Waals surface area (Å²) >= 11 is 0.